The monoisotopic (exact) mass is 350 g/mol. The fourth-order valence-electron chi connectivity index (χ4n) is 1.93. The molecule has 2 amide bonds. The van der Waals surface area contributed by atoms with E-state index in [4.69, 9.17) is 9.47 Å². The maximum Gasteiger partial charge on any atom is 0.408 e. The molecule has 0 fully saturated rings. The quantitative estimate of drug-likeness (QED) is 0.794. The highest BCUT2D eigenvalue weighted by atomic mass is 16.6. The number of hydrogen-bond acceptors (Lipinski definition) is 5. The highest BCUT2D eigenvalue weighted by molar-refractivity contribution is 5.87. The second-order valence-corrected chi connectivity index (χ2v) is 6.71. The van der Waals surface area contributed by atoms with Gasteiger partial charge in [0.05, 0.1) is 0 Å². The van der Waals surface area contributed by atoms with E-state index >= 15 is 0 Å². The topological polar surface area (TPSA) is 84.9 Å². The van der Waals surface area contributed by atoms with Crippen LogP contribution in [0, 0.1) is 0 Å². The Morgan fingerprint density at radius 2 is 1.76 bits per heavy atom. The van der Waals surface area contributed by atoms with E-state index in [1.54, 1.807) is 20.8 Å². The molecule has 0 saturated heterocycles. The van der Waals surface area contributed by atoms with Crippen LogP contribution in [0.1, 0.15) is 33.3 Å². The maximum atomic E-state index is 12.2. The van der Waals surface area contributed by atoms with Crippen molar-refractivity contribution in [2.45, 2.75) is 45.9 Å². The Morgan fingerprint density at radius 3 is 2.32 bits per heavy atom. The van der Waals surface area contributed by atoms with Gasteiger partial charge in [-0.15, -0.1) is 0 Å². The third-order valence-electron chi connectivity index (χ3n) is 3.09. The number of carbonyl (C=O) groups is 3. The van der Waals surface area contributed by atoms with Crippen molar-refractivity contribution >= 4 is 18.0 Å². The van der Waals surface area contributed by atoms with Crippen LogP contribution in [0.15, 0.2) is 30.3 Å². The summed E-state index contributed by atoms with van der Waals surface area (Å²) >= 11 is 0. The summed E-state index contributed by atoms with van der Waals surface area (Å²) in [6.07, 6.45) is -0.687. The molecule has 0 unspecified atom stereocenters. The number of amides is 2. The van der Waals surface area contributed by atoms with E-state index in [1.165, 1.54) is 18.9 Å². The zero-order chi connectivity index (χ0) is 19.0. The number of ether oxygens (including phenoxy) is 2. The third-order valence-corrected chi connectivity index (χ3v) is 3.09. The molecular formula is C18H26N2O5. The molecule has 1 atom stereocenters. The average molecular weight is 350 g/mol. The number of carbonyl (C=O) groups excluding carboxylic acids is 3. The first-order valence-corrected chi connectivity index (χ1v) is 8.02. The van der Waals surface area contributed by atoms with Crippen molar-refractivity contribution in [3.63, 3.8) is 0 Å². The smallest absolute Gasteiger partial charge is 0.408 e. The second-order valence-electron chi connectivity index (χ2n) is 6.71. The van der Waals surface area contributed by atoms with E-state index in [0.29, 0.717) is 0 Å². The minimum absolute atomic E-state index is 0.146. The molecule has 0 spiro atoms. The fourth-order valence-corrected chi connectivity index (χ4v) is 1.93. The number of likely N-dealkylation sites (N-methyl/N-ethyl adjacent to an activating group) is 1. The van der Waals surface area contributed by atoms with Gasteiger partial charge in [0.2, 0.25) is 5.91 Å². The van der Waals surface area contributed by atoms with E-state index in [-0.39, 0.29) is 13.2 Å². The molecule has 138 valence electrons. The van der Waals surface area contributed by atoms with Crippen LogP contribution in [0.4, 0.5) is 4.79 Å². The van der Waals surface area contributed by atoms with Crippen molar-refractivity contribution in [2.75, 3.05) is 13.6 Å². The lowest BCUT2D eigenvalue weighted by Crippen LogP contribution is -2.48. The summed E-state index contributed by atoms with van der Waals surface area (Å²) in [5, 5.41) is 2.44. The predicted molar refractivity (Wildman–Crippen MR) is 92.7 cm³/mol. The Hall–Kier alpha value is -2.57. The van der Waals surface area contributed by atoms with Crippen molar-refractivity contribution in [1.82, 2.24) is 10.2 Å². The molecule has 0 heterocycles. The second kappa shape index (κ2) is 9.05. The SMILES string of the molecule is C[C@H](NC(=O)OC(C)(C)C)C(=O)N(C)CC(=O)OCc1ccccc1. The lowest BCUT2D eigenvalue weighted by Gasteiger charge is -2.24. The van der Waals surface area contributed by atoms with Crippen molar-refractivity contribution in [2.24, 2.45) is 0 Å². The highest BCUT2D eigenvalue weighted by Crippen LogP contribution is 2.07. The summed E-state index contributed by atoms with van der Waals surface area (Å²) in [4.78, 5) is 36.9. The number of nitrogens with zero attached hydrogens (tertiary/aromatic N) is 1. The van der Waals surface area contributed by atoms with Crippen molar-refractivity contribution in [3.8, 4) is 0 Å². The minimum Gasteiger partial charge on any atom is -0.459 e. The molecule has 0 aliphatic rings. The number of alkyl carbamates (subject to hydrolysis) is 1. The van der Waals surface area contributed by atoms with Gasteiger partial charge >= 0.3 is 12.1 Å². The van der Waals surface area contributed by atoms with Crippen LogP contribution in [0.25, 0.3) is 0 Å². The van der Waals surface area contributed by atoms with Crippen LogP contribution in [-0.4, -0.2) is 48.1 Å². The maximum absolute atomic E-state index is 12.2. The van der Waals surface area contributed by atoms with Gasteiger partial charge in [-0.3, -0.25) is 9.59 Å². The fraction of sp³-hybridized carbons (Fsp3) is 0.500. The van der Waals surface area contributed by atoms with Crippen LogP contribution in [0.3, 0.4) is 0 Å². The van der Waals surface area contributed by atoms with Gasteiger partial charge in [-0.2, -0.15) is 0 Å². The first kappa shape index (κ1) is 20.5. The summed E-state index contributed by atoms with van der Waals surface area (Å²) in [6.45, 7) is 6.66. The Balaban J connectivity index is 2.41. The number of hydrogen-bond donors (Lipinski definition) is 1. The zero-order valence-corrected chi connectivity index (χ0v) is 15.4. The molecule has 0 aliphatic carbocycles. The van der Waals surface area contributed by atoms with Gasteiger partial charge in [0.1, 0.15) is 24.8 Å². The van der Waals surface area contributed by atoms with Gasteiger partial charge in [-0.25, -0.2) is 4.79 Å². The predicted octanol–water partition coefficient (Wildman–Crippen LogP) is 2.10. The van der Waals surface area contributed by atoms with Gasteiger partial charge in [0.15, 0.2) is 0 Å². The van der Waals surface area contributed by atoms with E-state index in [2.05, 4.69) is 5.32 Å². The Kier molecular flexibility index (Phi) is 7.42. The molecule has 1 N–H and O–H groups in total. The van der Waals surface area contributed by atoms with Crippen LogP contribution in [0.5, 0.6) is 0 Å². The average Bonchev–Trinajstić information content (AvgIpc) is 2.51. The van der Waals surface area contributed by atoms with Gasteiger partial charge in [-0.05, 0) is 33.3 Å². The normalized spacial score (nSPS) is 12.0. The van der Waals surface area contributed by atoms with Crippen LogP contribution < -0.4 is 5.32 Å². The van der Waals surface area contributed by atoms with Crippen molar-refractivity contribution in [3.05, 3.63) is 35.9 Å². The van der Waals surface area contributed by atoms with E-state index in [1.807, 2.05) is 30.3 Å². The van der Waals surface area contributed by atoms with Crippen molar-refractivity contribution in [1.29, 1.82) is 0 Å². The van der Waals surface area contributed by atoms with Crippen LogP contribution in [0.2, 0.25) is 0 Å². The molecule has 0 aromatic heterocycles. The molecule has 1 rings (SSSR count). The Bertz CT molecular complexity index is 595. The van der Waals surface area contributed by atoms with Crippen molar-refractivity contribution < 1.29 is 23.9 Å². The first-order chi connectivity index (χ1) is 11.6. The lowest BCUT2D eigenvalue weighted by atomic mass is 10.2. The third kappa shape index (κ3) is 8.19. The van der Waals surface area contributed by atoms with Crippen LogP contribution in [-0.2, 0) is 25.7 Å². The molecule has 0 saturated carbocycles. The summed E-state index contributed by atoms with van der Waals surface area (Å²) < 4.78 is 10.2. The van der Waals surface area contributed by atoms with E-state index < -0.39 is 29.6 Å². The molecule has 0 aliphatic heterocycles. The van der Waals surface area contributed by atoms with Gasteiger partial charge in [0.25, 0.3) is 0 Å². The minimum atomic E-state index is -0.818. The molecular weight excluding hydrogens is 324 g/mol. The largest absolute Gasteiger partial charge is 0.459 e. The van der Waals surface area contributed by atoms with Gasteiger partial charge in [-0.1, -0.05) is 30.3 Å². The molecule has 25 heavy (non-hydrogen) atoms. The summed E-state index contributed by atoms with van der Waals surface area (Å²) in [6, 6.07) is 8.44. The number of nitrogens with one attached hydrogen (secondary N) is 1. The molecule has 7 heteroatoms. The highest BCUT2D eigenvalue weighted by Gasteiger charge is 2.24. The summed E-state index contributed by atoms with van der Waals surface area (Å²) in [7, 11) is 1.47. The molecule has 1 aromatic carbocycles. The zero-order valence-electron chi connectivity index (χ0n) is 15.4. The first-order valence-electron chi connectivity index (χ1n) is 8.02. The Morgan fingerprint density at radius 1 is 1.16 bits per heavy atom. The number of benzene rings is 1. The summed E-state index contributed by atoms with van der Waals surface area (Å²) in [5.74, 6) is -0.938. The molecule has 0 bridgehead atoms. The van der Waals surface area contributed by atoms with E-state index in [0.717, 1.165) is 5.56 Å². The van der Waals surface area contributed by atoms with Gasteiger partial charge < -0.3 is 19.7 Å². The number of rotatable bonds is 6. The van der Waals surface area contributed by atoms with Crippen LogP contribution >= 0.6 is 0 Å². The van der Waals surface area contributed by atoms with Gasteiger partial charge in [0, 0.05) is 7.05 Å². The standard InChI is InChI=1S/C18H26N2O5/c1-13(19-17(23)25-18(2,3)4)16(22)20(5)11-15(21)24-12-14-9-7-6-8-10-14/h6-10,13H,11-12H2,1-5H3,(H,19,23)/t13-/m0/s1. The molecule has 7 nitrogen and oxygen atoms in total. The summed E-state index contributed by atoms with van der Waals surface area (Å²) in [5.41, 5.74) is 0.213. The number of esters is 1. The molecule has 1 aromatic rings. The molecule has 0 radical (unpaired) electrons. The van der Waals surface area contributed by atoms with E-state index in [9.17, 15) is 14.4 Å². The lowest BCUT2D eigenvalue weighted by molar-refractivity contribution is -0.150. The Labute approximate surface area is 148 Å².